The highest BCUT2D eigenvalue weighted by Crippen LogP contribution is 1.98. The smallest absolute Gasteiger partial charge is 0.122 e. The molecule has 0 radical (unpaired) electrons. The molecule has 2 nitrogen and oxygen atoms in total. The van der Waals surface area contributed by atoms with E-state index in [9.17, 15) is 4.79 Å². The van der Waals surface area contributed by atoms with Crippen LogP contribution in [0.2, 0.25) is 0 Å². The quantitative estimate of drug-likeness (QED) is 0.420. The maximum Gasteiger partial charge on any atom is 0.122 e. The number of ether oxygens (including phenoxy) is 1. The predicted octanol–water partition coefficient (Wildman–Crippen LogP) is 1.64. The second-order valence-electron chi connectivity index (χ2n) is 2.69. The molecule has 0 amide bonds. The van der Waals surface area contributed by atoms with Crippen molar-refractivity contribution in [1.82, 2.24) is 0 Å². The third kappa shape index (κ3) is 7.63. The minimum absolute atomic E-state index is 0.220. The number of carbonyl (C=O) groups is 1. The zero-order valence-electron chi connectivity index (χ0n) is 7.72. The summed E-state index contributed by atoms with van der Waals surface area (Å²) in [6.45, 7) is 5.35. The number of carbonyl (C=O) groups excluding carboxylic acids is 1. The summed E-state index contributed by atoms with van der Waals surface area (Å²) in [5.74, 6) is 0.640. The van der Waals surface area contributed by atoms with Crippen LogP contribution in [0.25, 0.3) is 0 Å². The Morgan fingerprint density at radius 1 is 1.60 bits per heavy atom. The van der Waals surface area contributed by atoms with Crippen molar-refractivity contribution in [2.45, 2.75) is 26.7 Å². The van der Waals surface area contributed by atoms with Crippen molar-refractivity contribution in [2.75, 3.05) is 13.2 Å². The van der Waals surface area contributed by atoms with E-state index in [0.717, 1.165) is 6.42 Å². The molecule has 0 atom stereocenters. The summed E-state index contributed by atoms with van der Waals surface area (Å²) in [4.78, 5) is 10.1. The summed E-state index contributed by atoms with van der Waals surface area (Å²) in [7, 11) is 0. The molecule has 0 saturated heterocycles. The van der Waals surface area contributed by atoms with E-state index in [1.807, 2.05) is 0 Å². The number of rotatable bonds is 6. The lowest BCUT2D eigenvalue weighted by Crippen LogP contribution is -2.00. The lowest BCUT2D eigenvalue weighted by atomic mass is 10.1. The van der Waals surface area contributed by atoms with Gasteiger partial charge in [-0.25, -0.2) is 0 Å². The molecule has 10 heavy (non-hydrogen) atoms. The van der Waals surface area contributed by atoms with Gasteiger partial charge in [0.1, 0.15) is 7.63 Å². The van der Waals surface area contributed by atoms with Crippen LogP contribution in [0.5, 0.6) is 0 Å². The van der Waals surface area contributed by atoms with Gasteiger partial charge in [-0.2, -0.15) is 0 Å². The van der Waals surface area contributed by atoms with E-state index in [1.165, 1.54) is 0 Å². The fourth-order valence-corrected chi connectivity index (χ4v) is 0.535. The van der Waals surface area contributed by atoms with Gasteiger partial charge in [-0.3, -0.25) is 0 Å². The van der Waals surface area contributed by atoms with Gasteiger partial charge in [-0.05, 0) is 12.3 Å². The molecule has 0 N–H and O–H groups in total. The van der Waals surface area contributed by atoms with Gasteiger partial charge in [0.05, 0.1) is 6.61 Å². The molecular formula is C8H16O2. The van der Waals surface area contributed by atoms with Crippen LogP contribution in [0.4, 0.5) is 0 Å². The van der Waals surface area contributed by atoms with Gasteiger partial charge in [0, 0.05) is 13.0 Å². The first-order valence-corrected chi connectivity index (χ1v) is 3.70. The highest BCUT2D eigenvalue weighted by molar-refractivity contribution is 5.49. The topological polar surface area (TPSA) is 26.3 Å². The molecule has 0 heterocycles. The van der Waals surface area contributed by atoms with Crippen LogP contribution in [0.15, 0.2) is 0 Å². The van der Waals surface area contributed by atoms with Gasteiger partial charge < -0.3 is 9.53 Å². The van der Waals surface area contributed by atoms with E-state index >= 15 is 0 Å². The zero-order chi connectivity index (χ0) is 8.69. The average Bonchev–Trinajstić information content (AvgIpc) is 1.85. The van der Waals surface area contributed by atoms with Gasteiger partial charge in [-0.1, -0.05) is 13.8 Å². The van der Waals surface area contributed by atoms with Crippen molar-refractivity contribution in [3.63, 3.8) is 0 Å². The summed E-state index contributed by atoms with van der Waals surface area (Å²) in [5.41, 5.74) is 0. The van der Waals surface area contributed by atoms with E-state index < -0.39 is 6.26 Å². The van der Waals surface area contributed by atoms with Crippen molar-refractivity contribution >= 4 is 6.26 Å². The Balaban J connectivity index is 2.97. The molecule has 0 aliphatic carbocycles. The van der Waals surface area contributed by atoms with E-state index in [1.54, 1.807) is 0 Å². The lowest BCUT2D eigenvalue weighted by Gasteiger charge is -2.03. The molecule has 0 spiro atoms. The summed E-state index contributed by atoms with van der Waals surface area (Å²) in [6.07, 6.45) is 0.694. The van der Waals surface area contributed by atoms with Crippen LogP contribution in [-0.4, -0.2) is 19.5 Å². The number of hydrogen-bond donors (Lipinski definition) is 0. The first-order valence-electron chi connectivity index (χ1n) is 4.20. The second-order valence-corrected chi connectivity index (χ2v) is 2.69. The molecule has 0 aromatic heterocycles. The number of hydrogen-bond acceptors (Lipinski definition) is 2. The van der Waals surface area contributed by atoms with Crippen LogP contribution < -0.4 is 0 Å². The van der Waals surface area contributed by atoms with Gasteiger partial charge in [0.25, 0.3) is 0 Å². The molecule has 0 bridgehead atoms. The molecule has 0 aromatic carbocycles. The summed E-state index contributed by atoms with van der Waals surface area (Å²) in [5, 5.41) is 0. The Morgan fingerprint density at radius 2 is 2.30 bits per heavy atom. The average molecular weight is 146 g/mol. The summed E-state index contributed by atoms with van der Waals surface area (Å²) < 4.78 is 11.7. The molecular weight excluding hydrogens is 128 g/mol. The van der Waals surface area contributed by atoms with Crippen molar-refractivity contribution in [3.8, 4) is 0 Å². The molecule has 0 saturated carbocycles. The highest BCUT2D eigenvalue weighted by atomic mass is 16.5. The van der Waals surface area contributed by atoms with Crippen molar-refractivity contribution < 1.29 is 10.9 Å². The lowest BCUT2D eigenvalue weighted by molar-refractivity contribution is -0.108. The SMILES string of the molecule is [3H]C(=O)CCOCCC(C)C. The third-order valence-corrected chi connectivity index (χ3v) is 1.19. The van der Waals surface area contributed by atoms with Crippen molar-refractivity contribution in [3.05, 3.63) is 0 Å². The predicted molar refractivity (Wildman–Crippen MR) is 41.0 cm³/mol. The zero-order valence-corrected chi connectivity index (χ0v) is 6.72. The van der Waals surface area contributed by atoms with Crippen LogP contribution in [0.1, 0.15) is 28.1 Å². The van der Waals surface area contributed by atoms with Crippen LogP contribution >= 0.6 is 0 Å². The largest absolute Gasteiger partial charge is 0.381 e. The molecule has 0 aliphatic heterocycles. The highest BCUT2D eigenvalue weighted by Gasteiger charge is 1.92. The van der Waals surface area contributed by atoms with Crippen molar-refractivity contribution in [2.24, 2.45) is 5.92 Å². The van der Waals surface area contributed by atoms with Crippen LogP contribution in [-0.2, 0) is 9.53 Å². The van der Waals surface area contributed by atoms with E-state index in [-0.39, 0.29) is 6.42 Å². The standard InChI is InChI=1S/C8H16O2/c1-8(2)4-7-10-6-3-5-9/h5,8H,3-4,6-7H2,1-2H3/i5T. The Bertz CT molecular complexity index is 113. The van der Waals surface area contributed by atoms with E-state index in [2.05, 4.69) is 13.8 Å². The molecule has 0 fully saturated rings. The maximum absolute atomic E-state index is 10.1. The minimum Gasteiger partial charge on any atom is -0.381 e. The van der Waals surface area contributed by atoms with E-state index in [0.29, 0.717) is 19.1 Å². The Kier molecular flexibility index (Phi) is 5.22. The Hall–Kier alpha value is -0.370. The fraction of sp³-hybridized carbons (Fsp3) is 0.875. The van der Waals surface area contributed by atoms with Gasteiger partial charge in [-0.15, -0.1) is 0 Å². The summed E-state index contributed by atoms with van der Waals surface area (Å²) >= 11 is 0. The monoisotopic (exact) mass is 146 g/mol. The molecule has 0 unspecified atom stereocenters. The summed E-state index contributed by atoms with van der Waals surface area (Å²) in [6, 6.07) is 0. The van der Waals surface area contributed by atoms with E-state index in [4.69, 9.17) is 6.11 Å². The fourth-order valence-electron chi connectivity index (χ4n) is 0.535. The van der Waals surface area contributed by atoms with Gasteiger partial charge >= 0.3 is 0 Å². The molecule has 2 heteroatoms. The maximum atomic E-state index is 10.1. The Morgan fingerprint density at radius 3 is 2.80 bits per heavy atom. The van der Waals surface area contributed by atoms with Crippen LogP contribution in [0, 0.1) is 5.92 Å². The normalized spacial score (nSPS) is 11.7. The number of aldehydes is 1. The molecule has 60 valence electrons. The molecule has 0 aliphatic rings. The first kappa shape index (κ1) is 7.73. The molecule has 0 aromatic rings. The van der Waals surface area contributed by atoms with Crippen molar-refractivity contribution in [1.29, 1.82) is 0 Å². The van der Waals surface area contributed by atoms with Gasteiger partial charge in [0.15, 0.2) is 0 Å². The third-order valence-electron chi connectivity index (χ3n) is 1.19. The van der Waals surface area contributed by atoms with Crippen LogP contribution in [0.3, 0.4) is 0 Å². The second kappa shape index (κ2) is 6.75. The molecule has 0 rings (SSSR count). The minimum atomic E-state index is -0.547. The van der Waals surface area contributed by atoms with Gasteiger partial charge in [0.2, 0.25) is 0 Å². The first-order chi connectivity index (χ1) is 5.13. The Labute approximate surface area is 64.0 Å².